The van der Waals surface area contributed by atoms with E-state index in [0.717, 1.165) is 18.8 Å². The minimum atomic E-state index is 0.274. The van der Waals surface area contributed by atoms with Gasteiger partial charge in [0.15, 0.2) is 0 Å². The molecule has 4 nitrogen and oxygen atoms in total. The zero-order chi connectivity index (χ0) is 10.7. The second-order valence-electron chi connectivity index (χ2n) is 4.38. The smallest absolute Gasteiger partial charge is 0.224 e. The molecule has 0 aromatic carbocycles. The van der Waals surface area contributed by atoms with Crippen molar-refractivity contribution in [3.63, 3.8) is 0 Å². The first-order valence-electron chi connectivity index (χ1n) is 5.57. The normalized spacial score (nSPS) is 17.2. The van der Waals surface area contributed by atoms with Crippen molar-refractivity contribution in [1.82, 2.24) is 9.97 Å². The van der Waals surface area contributed by atoms with Crippen molar-refractivity contribution in [2.45, 2.75) is 38.6 Å². The number of nitrogens with zero attached hydrogens (tertiary/aromatic N) is 2. The van der Waals surface area contributed by atoms with E-state index in [-0.39, 0.29) is 5.54 Å². The van der Waals surface area contributed by atoms with Crippen LogP contribution in [0.1, 0.15) is 33.1 Å². The fourth-order valence-electron chi connectivity index (χ4n) is 1.37. The number of hydrogen-bond donors (Lipinski definition) is 2. The molecule has 1 heterocycles. The van der Waals surface area contributed by atoms with Crippen molar-refractivity contribution in [3.8, 4) is 0 Å². The standard InChI is InChI=1S/C11H18N4/c1-3-7-12-10-13-8-4-9(14-10)15-11(2)5-6-11/h4,8H,3,5-7H2,1-2H3,(H2,12,13,14,15). The van der Waals surface area contributed by atoms with Gasteiger partial charge in [0.25, 0.3) is 0 Å². The van der Waals surface area contributed by atoms with Gasteiger partial charge in [-0.15, -0.1) is 0 Å². The second kappa shape index (κ2) is 4.04. The summed E-state index contributed by atoms with van der Waals surface area (Å²) in [6.45, 7) is 5.26. The van der Waals surface area contributed by atoms with Gasteiger partial charge in [-0.05, 0) is 32.3 Å². The van der Waals surface area contributed by atoms with Crippen molar-refractivity contribution in [2.75, 3.05) is 17.2 Å². The van der Waals surface area contributed by atoms with Gasteiger partial charge in [0.1, 0.15) is 5.82 Å². The molecule has 0 radical (unpaired) electrons. The van der Waals surface area contributed by atoms with Gasteiger partial charge >= 0.3 is 0 Å². The third kappa shape index (κ3) is 2.81. The van der Waals surface area contributed by atoms with E-state index in [4.69, 9.17) is 0 Å². The zero-order valence-corrected chi connectivity index (χ0v) is 9.38. The molecule has 82 valence electrons. The van der Waals surface area contributed by atoms with Crippen LogP contribution >= 0.6 is 0 Å². The van der Waals surface area contributed by atoms with Crippen LogP contribution in [0.25, 0.3) is 0 Å². The van der Waals surface area contributed by atoms with Crippen LogP contribution in [-0.2, 0) is 0 Å². The van der Waals surface area contributed by atoms with E-state index in [1.165, 1.54) is 12.8 Å². The molecule has 1 aromatic rings. The molecule has 15 heavy (non-hydrogen) atoms. The molecule has 2 rings (SSSR count). The molecule has 0 aliphatic heterocycles. The fourth-order valence-corrected chi connectivity index (χ4v) is 1.37. The first kappa shape index (κ1) is 10.2. The van der Waals surface area contributed by atoms with Crippen LogP contribution in [0.2, 0.25) is 0 Å². The molecule has 0 unspecified atom stereocenters. The number of hydrogen-bond acceptors (Lipinski definition) is 4. The lowest BCUT2D eigenvalue weighted by atomic mass is 10.3. The summed E-state index contributed by atoms with van der Waals surface area (Å²) in [4.78, 5) is 8.57. The fraction of sp³-hybridized carbons (Fsp3) is 0.636. The summed E-state index contributed by atoms with van der Waals surface area (Å²) >= 11 is 0. The SMILES string of the molecule is CCCNc1nccc(NC2(C)CC2)n1. The molecule has 0 amide bonds. The Bertz CT molecular complexity index is 333. The van der Waals surface area contributed by atoms with Gasteiger partial charge in [-0.2, -0.15) is 4.98 Å². The summed E-state index contributed by atoms with van der Waals surface area (Å²) in [5.74, 6) is 1.63. The van der Waals surface area contributed by atoms with Gasteiger partial charge in [0.2, 0.25) is 5.95 Å². The quantitative estimate of drug-likeness (QED) is 0.776. The van der Waals surface area contributed by atoms with E-state index in [9.17, 15) is 0 Å². The van der Waals surface area contributed by atoms with Crippen molar-refractivity contribution in [2.24, 2.45) is 0 Å². The largest absolute Gasteiger partial charge is 0.365 e. The van der Waals surface area contributed by atoms with Gasteiger partial charge < -0.3 is 10.6 Å². The van der Waals surface area contributed by atoms with E-state index in [0.29, 0.717) is 5.95 Å². The number of aromatic nitrogens is 2. The number of anilines is 2. The van der Waals surface area contributed by atoms with Crippen LogP contribution in [0.3, 0.4) is 0 Å². The summed E-state index contributed by atoms with van der Waals surface area (Å²) in [6, 6.07) is 1.92. The number of rotatable bonds is 5. The lowest BCUT2D eigenvalue weighted by Gasteiger charge is -2.12. The van der Waals surface area contributed by atoms with Gasteiger partial charge in [-0.3, -0.25) is 0 Å². The van der Waals surface area contributed by atoms with E-state index in [2.05, 4.69) is 34.4 Å². The van der Waals surface area contributed by atoms with Gasteiger partial charge in [0, 0.05) is 18.3 Å². The van der Waals surface area contributed by atoms with Gasteiger partial charge in [-0.1, -0.05) is 6.92 Å². The predicted octanol–water partition coefficient (Wildman–Crippen LogP) is 2.26. The van der Waals surface area contributed by atoms with Crippen LogP contribution in [0.15, 0.2) is 12.3 Å². The topological polar surface area (TPSA) is 49.8 Å². The van der Waals surface area contributed by atoms with E-state index in [1.54, 1.807) is 6.20 Å². The highest BCUT2D eigenvalue weighted by molar-refractivity contribution is 5.43. The molecular formula is C11H18N4. The monoisotopic (exact) mass is 206 g/mol. The molecule has 4 heteroatoms. The van der Waals surface area contributed by atoms with Gasteiger partial charge in [0.05, 0.1) is 0 Å². The van der Waals surface area contributed by atoms with Crippen molar-refractivity contribution in [1.29, 1.82) is 0 Å². The maximum atomic E-state index is 4.40. The lowest BCUT2D eigenvalue weighted by molar-refractivity contribution is 0.818. The van der Waals surface area contributed by atoms with E-state index < -0.39 is 0 Å². The first-order chi connectivity index (χ1) is 7.22. The molecule has 1 aromatic heterocycles. The highest BCUT2D eigenvalue weighted by Gasteiger charge is 2.37. The maximum absolute atomic E-state index is 4.40. The Labute approximate surface area is 90.5 Å². The summed E-state index contributed by atoms with van der Waals surface area (Å²) < 4.78 is 0. The highest BCUT2D eigenvalue weighted by atomic mass is 15.2. The molecule has 0 bridgehead atoms. The van der Waals surface area contributed by atoms with Crippen LogP contribution in [-0.4, -0.2) is 22.1 Å². The van der Waals surface area contributed by atoms with Crippen LogP contribution in [0.5, 0.6) is 0 Å². The van der Waals surface area contributed by atoms with Crippen LogP contribution < -0.4 is 10.6 Å². The van der Waals surface area contributed by atoms with Gasteiger partial charge in [-0.25, -0.2) is 4.98 Å². The number of nitrogens with one attached hydrogen (secondary N) is 2. The Balaban J connectivity index is 1.98. The first-order valence-corrected chi connectivity index (χ1v) is 5.57. The third-order valence-electron chi connectivity index (χ3n) is 2.62. The molecule has 1 fully saturated rings. The van der Waals surface area contributed by atoms with Crippen molar-refractivity contribution in [3.05, 3.63) is 12.3 Å². The molecule has 0 saturated heterocycles. The minimum Gasteiger partial charge on any atom is -0.365 e. The summed E-state index contributed by atoms with van der Waals surface area (Å²) in [5.41, 5.74) is 0.274. The molecule has 2 N–H and O–H groups in total. The summed E-state index contributed by atoms with van der Waals surface area (Å²) in [7, 11) is 0. The Morgan fingerprint density at radius 2 is 2.27 bits per heavy atom. The summed E-state index contributed by atoms with van der Waals surface area (Å²) in [5, 5.41) is 6.60. The average molecular weight is 206 g/mol. The van der Waals surface area contributed by atoms with E-state index >= 15 is 0 Å². The highest BCUT2D eigenvalue weighted by Crippen LogP contribution is 2.37. The third-order valence-corrected chi connectivity index (χ3v) is 2.62. The molecular weight excluding hydrogens is 188 g/mol. The maximum Gasteiger partial charge on any atom is 0.224 e. The van der Waals surface area contributed by atoms with Crippen molar-refractivity contribution < 1.29 is 0 Å². The Morgan fingerprint density at radius 3 is 2.93 bits per heavy atom. The Hall–Kier alpha value is -1.32. The molecule has 1 saturated carbocycles. The molecule has 0 atom stereocenters. The minimum absolute atomic E-state index is 0.274. The summed E-state index contributed by atoms with van der Waals surface area (Å²) in [6.07, 6.45) is 5.33. The van der Waals surface area contributed by atoms with Crippen LogP contribution in [0, 0.1) is 0 Å². The second-order valence-corrected chi connectivity index (χ2v) is 4.38. The van der Waals surface area contributed by atoms with Crippen molar-refractivity contribution >= 4 is 11.8 Å². The Morgan fingerprint density at radius 1 is 1.47 bits per heavy atom. The Kier molecular flexibility index (Phi) is 2.75. The molecule has 1 aliphatic rings. The average Bonchev–Trinajstić information content (AvgIpc) is 2.93. The zero-order valence-electron chi connectivity index (χ0n) is 9.38. The lowest BCUT2D eigenvalue weighted by Crippen LogP contribution is -2.17. The van der Waals surface area contributed by atoms with E-state index in [1.807, 2.05) is 6.07 Å². The molecule has 1 aliphatic carbocycles. The predicted molar refractivity (Wildman–Crippen MR) is 62.1 cm³/mol. The van der Waals surface area contributed by atoms with Crippen LogP contribution in [0.4, 0.5) is 11.8 Å². The molecule has 0 spiro atoms.